The first-order valence-corrected chi connectivity index (χ1v) is 17.1. The average Bonchev–Trinajstić information content (AvgIpc) is 3.33. The van der Waals surface area contributed by atoms with E-state index in [1.54, 1.807) is 23.1 Å². The second-order valence-electron chi connectivity index (χ2n) is 11.9. The highest BCUT2D eigenvalue weighted by Crippen LogP contribution is 2.48. The number of hydrogen-bond donors (Lipinski definition) is 0. The van der Waals surface area contributed by atoms with E-state index in [1.165, 1.54) is 12.1 Å². The van der Waals surface area contributed by atoms with Crippen LogP contribution in [0.2, 0.25) is 10.0 Å². The highest BCUT2D eigenvalue weighted by molar-refractivity contribution is 7.92. The van der Waals surface area contributed by atoms with Crippen molar-refractivity contribution in [3.8, 4) is 11.3 Å². The standard InChI is InChI=1S/C31H29Cl2FN2O7S/c32-23-2-1-3-24(33)28(23)29-22(30(43-35-29)16-4-5-16)14-42-27-12-18-10-21(27)31(38)36(18)17-6-7-20(25(34)11-17)26(37)15-44(39,40)19-8-9-41-13-19/h1-3,6-7,11,16,18-19,21,27H,4-5,8-10,12-15H2/t18-,19?,21+,27+/m0/s1. The van der Waals surface area contributed by atoms with Gasteiger partial charge in [-0.15, -0.1) is 0 Å². The zero-order valence-corrected chi connectivity index (χ0v) is 25.8. The molecule has 4 atom stereocenters. The van der Waals surface area contributed by atoms with Crippen LogP contribution in [-0.4, -0.2) is 61.6 Å². The van der Waals surface area contributed by atoms with Crippen LogP contribution >= 0.6 is 23.2 Å². The molecule has 232 valence electrons. The first kappa shape index (κ1) is 29.9. The van der Waals surface area contributed by atoms with Gasteiger partial charge >= 0.3 is 0 Å². The van der Waals surface area contributed by atoms with Gasteiger partial charge in [-0.05, 0) is 62.4 Å². The van der Waals surface area contributed by atoms with E-state index in [2.05, 4.69) is 5.16 Å². The maximum absolute atomic E-state index is 15.1. The van der Waals surface area contributed by atoms with E-state index in [0.717, 1.165) is 30.2 Å². The van der Waals surface area contributed by atoms with Crippen molar-refractivity contribution in [1.29, 1.82) is 0 Å². The highest BCUT2D eigenvalue weighted by atomic mass is 35.5. The Morgan fingerprint density at radius 3 is 2.55 bits per heavy atom. The maximum atomic E-state index is 15.1. The van der Waals surface area contributed by atoms with Gasteiger partial charge in [-0.3, -0.25) is 9.59 Å². The number of Topliss-reactive ketones (excluding diaryl/α,β-unsaturated/α-hetero) is 1. The van der Waals surface area contributed by atoms with Gasteiger partial charge in [0.05, 0.1) is 46.1 Å². The van der Waals surface area contributed by atoms with E-state index in [9.17, 15) is 18.0 Å². The lowest BCUT2D eigenvalue weighted by Crippen LogP contribution is -2.43. The van der Waals surface area contributed by atoms with Crippen molar-refractivity contribution in [1.82, 2.24) is 5.16 Å². The van der Waals surface area contributed by atoms with Gasteiger partial charge in [0.1, 0.15) is 23.0 Å². The Kier molecular flexibility index (Phi) is 7.81. The van der Waals surface area contributed by atoms with Crippen LogP contribution in [0.1, 0.15) is 59.7 Å². The van der Waals surface area contributed by atoms with Crippen molar-refractivity contribution < 1.29 is 36.4 Å². The quantitative estimate of drug-likeness (QED) is 0.252. The van der Waals surface area contributed by atoms with E-state index < -0.39 is 38.4 Å². The molecule has 2 saturated heterocycles. The van der Waals surface area contributed by atoms with Crippen molar-refractivity contribution in [2.45, 2.75) is 62.0 Å². The van der Waals surface area contributed by atoms with Crippen molar-refractivity contribution in [3.05, 3.63) is 69.1 Å². The Bertz CT molecular complexity index is 1730. The number of amides is 1. The summed E-state index contributed by atoms with van der Waals surface area (Å²) in [6, 6.07) is 8.91. The molecule has 0 radical (unpaired) electrons. The van der Waals surface area contributed by atoms with Gasteiger partial charge < -0.3 is 18.9 Å². The van der Waals surface area contributed by atoms with Gasteiger partial charge in [-0.2, -0.15) is 0 Å². The second-order valence-corrected chi connectivity index (χ2v) is 15.0. The average molecular weight is 664 g/mol. The smallest absolute Gasteiger partial charge is 0.233 e. The van der Waals surface area contributed by atoms with Crippen molar-refractivity contribution in [3.63, 3.8) is 0 Å². The molecule has 13 heteroatoms. The van der Waals surface area contributed by atoms with Gasteiger partial charge in [0.25, 0.3) is 0 Å². The Morgan fingerprint density at radius 2 is 1.89 bits per heavy atom. The number of aromatic nitrogens is 1. The summed E-state index contributed by atoms with van der Waals surface area (Å²) in [6.45, 7) is 0.535. The molecule has 0 spiro atoms. The minimum absolute atomic E-state index is 0.0406. The zero-order valence-electron chi connectivity index (χ0n) is 23.5. The SMILES string of the molecule is O=C(CS(=O)(=O)C1CCOC1)c1ccc(N2C(=O)[C@@H]3C[C@H]2C[C@H]3OCc2c(-c3c(Cl)cccc3Cl)noc2C2CC2)cc1F. The fourth-order valence-electron chi connectivity index (χ4n) is 6.62. The second kappa shape index (κ2) is 11.5. The molecule has 9 nitrogen and oxygen atoms in total. The topological polar surface area (TPSA) is 116 Å². The van der Waals surface area contributed by atoms with Crippen LogP contribution in [0, 0.1) is 11.7 Å². The molecule has 1 aromatic heterocycles. The number of carbonyl (C=O) groups is 2. The number of benzene rings is 2. The summed E-state index contributed by atoms with van der Waals surface area (Å²) in [5, 5.41) is 4.44. The lowest BCUT2D eigenvalue weighted by Gasteiger charge is -2.31. The molecule has 1 unspecified atom stereocenters. The molecule has 2 aliphatic heterocycles. The van der Waals surface area contributed by atoms with E-state index >= 15 is 4.39 Å². The zero-order chi connectivity index (χ0) is 30.7. The molecular formula is C31H29Cl2FN2O7S. The van der Waals surface area contributed by atoms with Crippen LogP contribution in [-0.2, 0) is 30.7 Å². The fraction of sp³-hybridized carbons (Fsp3) is 0.452. The summed E-state index contributed by atoms with van der Waals surface area (Å²) < 4.78 is 57.4. The normalized spacial score (nSPS) is 24.9. The first-order valence-electron chi connectivity index (χ1n) is 14.6. The number of rotatable bonds is 10. The van der Waals surface area contributed by atoms with Gasteiger partial charge in [0.2, 0.25) is 5.91 Å². The summed E-state index contributed by atoms with van der Waals surface area (Å²) >= 11 is 12.9. The Morgan fingerprint density at radius 1 is 1.11 bits per heavy atom. The predicted molar refractivity (Wildman–Crippen MR) is 160 cm³/mol. The van der Waals surface area contributed by atoms with Crippen molar-refractivity contribution >= 4 is 50.4 Å². The number of hydrogen-bond acceptors (Lipinski definition) is 8. The third kappa shape index (κ3) is 5.36. The molecule has 4 aliphatic rings. The number of ketones is 1. The number of halogens is 3. The number of nitrogens with zero attached hydrogens (tertiary/aromatic N) is 2. The first-order chi connectivity index (χ1) is 21.1. The van der Waals surface area contributed by atoms with Crippen LogP contribution in [0.25, 0.3) is 11.3 Å². The van der Waals surface area contributed by atoms with E-state index in [0.29, 0.717) is 52.9 Å². The Labute approximate surface area is 263 Å². The Hall–Kier alpha value is -2.83. The summed E-state index contributed by atoms with van der Waals surface area (Å²) in [6.07, 6.45) is 3.05. The predicted octanol–water partition coefficient (Wildman–Crippen LogP) is 5.76. The molecule has 2 aromatic carbocycles. The molecule has 3 aromatic rings. The lowest BCUT2D eigenvalue weighted by atomic mass is 10.0. The van der Waals surface area contributed by atoms with Crippen molar-refractivity contribution in [2.75, 3.05) is 23.9 Å². The summed E-state index contributed by atoms with van der Waals surface area (Å²) in [4.78, 5) is 27.7. The number of piperidine rings is 1. The fourth-order valence-corrected chi connectivity index (χ4v) is 8.71. The molecule has 1 amide bonds. The minimum atomic E-state index is -3.76. The largest absolute Gasteiger partial charge is 0.380 e. The molecule has 0 N–H and O–H groups in total. The summed E-state index contributed by atoms with van der Waals surface area (Å²) in [5.41, 5.74) is 1.90. The number of sulfone groups is 1. The van der Waals surface area contributed by atoms with Gasteiger partial charge in [0, 0.05) is 35.4 Å². The van der Waals surface area contributed by atoms with Crippen LogP contribution in [0.5, 0.6) is 0 Å². The van der Waals surface area contributed by atoms with E-state index in [1.807, 2.05) is 0 Å². The number of anilines is 1. The van der Waals surface area contributed by atoms with E-state index in [-0.39, 0.29) is 42.7 Å². The van der Waals surface area contributed by atoms with Crippen LogP contribution in [0.3, 0.4) is 0 Å². The van der Waals surface area contributed by atoms with Gasteiger partial charge in [0.15, 0.2) is 15.6 Å². The molecule has 2 saturated carbocycles. The molecular weight excluding hydrogens is 634 g/mol. The Balaban J connectivity index is 1.04. The number of carbonyl (C=O) groups excluding carboxylic acids is 2. The van der Waals surface area contributed by atoms with Gasteiger partial charge in [-0.25, -0.2) is 12.8 Å². The maximum Gasteiger partial charge on any atom is 0.233 e. The van der Waals surface area contributed by atoms with E-state index in [4.69, 9.17) is 37.2 Å². The van der Waals surface area contributed by atoms with Crippen LogP contribution < -0.4 is 4.90 Å². The van der Waals surface area contributed by atoms with Crippen molar-refractivity contribution in [2.24, 2.45) is 5.92 Å². The number of fused-ring (bicyclic) bond motifs is 2. The molecule has 7 rings (SSSR count). The van der Waals surface area contributed by atoms with Crippen LogP contribution in [0.15, 0.2) is 40.9 Å². The number of ether oxygens (including phenoxy) is 2. The third-order valence-electron chi connectivity index (χ3n) is 9.07. The third-order valence-corrected chi connectivity index (χ3v) is 11.7. The molecule has 2 bridgehead atoms. The van der Waals surface area contributed by atoms with Gasteiger partial charge in [-0.1, -0.05) is 34.4 Å². The lowest BCUT2D eigenvalue weighted by molar-refractivity contribution is -0.126. The summed E-state index contributed by atoms with van der Waals surface area (Å²) in [7, 11) is -3.76. The molecule has 4 fully saturated rings. The molecule has 3 heterocycles. The molecule has 2 aliphatic carbocycles. The highest BCUT2D eigenvalue weighted by Gasteiger charge is 2.52. The minimum Gasteiger partial charge on any atom is -0.380 e. The van der Waals surface area contributed by atoms with Crippen LogP contribution in [0.4, 0.5) is 10.1 Å². The summed E-state index contributed by atoms with van der Waals surface area (Å²) in [5.74, 6) is -2.06. The monoisotopic (exact) mass is 662 g/mol. The molecule has 44 heavy (non-hydrogen) atoms.